The highest BCUT2D eigenvalue weighted by Crippen LogP contribution is 2.36. The maximum atomic E-state index is 13.6. The lowest BCUT2D eigenvalue weighted by Crippen LogP contribution is -2.57. The summed E-state index contributed by atoms with van der Waals surface area (Å²) in [6.07, 6.45) is 6.85. The second kappa shape index (κ2) is 13.6. The first-order valence-electron chi connectivity index (χ1n) is 14.6. The quantitative estimate of drug-likeness (QED) is 0.210. The van der Waals surface area contributed by atoms with Crippen LogP contribution >= 0.6 is 0 Å². The van der Waals surface area contributed by atoms with Gasteiger partial charge in [0.05, 0.1) is 25.9 Å². The molecule has 2 aliphatic carbocycles. The summed E-state index contributed by atoms with van der Waals surface area (Å²) in [5.41, 5.74) is 1.27. The lowest BCUT2D eigenvalue weighted by atomic mass is 9.74. The van der Waals surface area contributed by atoms with Crippen molar-refractivity contribution in [1.82, 2.24) is 16.0 Å². The lowest BCUT2D eigenvalue weighted by Gasteiger charge is -2.35. The molecule has 0 bridgehead atoms. The van der Waals surface area contributed by atoms with Crippen molar-refractivity contribution in [3.05, 3.63) is 41.5 Å². The molecule has 1 aromatic rings. The van der Waals surface area contributed by atoms with Gasteiger partial charge in [-0.25, -0.2) is 0 Å². The minimum atomic E-state index is -0.983. The third kappa shape index (κ3) is 8.39. The van der Waals surface area contributed by atoms with Crippen LogP contribution in [0.15, 0.2) is 35.9 Å². The van der Waals surface area contributed by atoms with Crippen LogP contribution < -0.4 is 20.7 Å². The number of methoxy groups -OCH3 is 1. The maximum Gasteiger partial charge on any atom is 0.243 e. The minimum absolute atomic E-state index is 0.160. The number of nitrogens with one attached hydrogen (secondary N) is 3. The molecule has 0 spiro atoms. The molecule has 10 heteroatoms. The number of aliphatic hydroxyl groups excluding tert-OH is 1. The Morgan fingerprint density at radius 1 is 1.02 bits per heavy atom. The van der Waals surface area contributed by atoms with Crippen LogP contribution in [0.5, 0.6) is 5.75 Å². The van der Waals surface area contributed by atoms with Crippen molar-refractivity contribution < 1.29 is 33.8 Å². The van der Waals surface area contributed by atoms with Crippen LogP contribution in [-0.2, 0) is 30.3 Å². The molecule has 10 nitrogen and oxygen atoms in total. The molecular weight excluding hydrogens is 526 g/mol. The fourth-order valence-corrected chi connectivity index (χ4v) is 5.52. The van der Waals surface area contributed by atoms with Gasteiger partial charge in [0.1, 0.15) is 23.9 Å². The van der Waals surface area contributed by atoms with Gasteiger partial charge in [0, 0.05) is 11.8 Å². The second-order valence-electron chi connectivity index (χ2n) is 11.8. The van der Waals surface area contributed by atoms with Gasteiger partial charge >= 0.3 is 0 Å². The number of aliphatic hydroxyl groups is 1. The number of allylic oxidation sites excluding steroid dienone is 1. The van der Waals surface area contributed by atoms with Gasteiger partial charge in [0.2, 0.25) is 17.7 Å². The molecule has 1 heterocycles. The first-order valence-corrected chi connectivity index (χ1v) is 14.6. The summed E-state index contributed by atoms with van der Waals surface area (Å²) in [5.74, 6) is -0.717. The number of carbonyl (C=O) groups is 4. The highest BCUT2D eigenvalue weighted by atomic mass is 16.6. The van der Waals surface area contributed by atoms with E-state index in [0.717, 1.165) is 30.4 Å². The number of amides is 3. The van der Waals surface area contributed by atoms with E-state index < -0.39 is 47.6 Å². The normalized spacial score (nSPS) is 25.7. The molecule has 4 atom stereocenters. The van der Waals surface area contributed by atoms with E-state index in [1.165, 1.54) is 0 Å². The van der Waals surface area contributed by atoms with Crippen molar-refractivity contribution in [2.24, 2.45) is 5.41 Å². The molecule has 1 aliphatic heterocycles. The summed E-state index contributed by atoms with van der Waals surface area (Å²) in [5, 5.41) is 18.3. The summed E-state index contributed by atoms with van der Waals surface area (Å²) in [7, 11) is 1.57. The van der Waals surface area contributed by atoms with Gasteiger partial charge in [-0.3, -0.25) is 19.2 Å². The lowest BCUT2D eigenvalue weighted by molar-refractivity contribution is -0.137. The summed E-state index contributed by atoms with van der Waals surface area (Å²) in [6.45, 7) is 3.78. The average molecular weight is 570 g/mol. The topological polar surface area (TPSA) is 146 Å². The van der Waals surface area contributed by atoms with Crippen LogP contribution in [-0.4, -0.2) is 72.7 Å². The zero-order valence-electron chi connectivity index (χ0n) is 24.2. The van der Waals surface area contributed by atoms with Crippen molar-refractivity contribution in [2.45, 2.75) is 102 Å². The first-order chi connectivity index (χ1) is 19.6. The molecule has 0 aromatic heterocycles. The van der Waals surface area contributed by atoms with E-state index >= 15 is 0 Å². The van der Waals surface area contributed by atoms with Crippen molar-refractivity contribution in [3.8, 4) is 5.75 Å². The fourth-order valence-electron chi connectivity index (χ4n) is 5.52. The third-order valence-electron chi connectivity index (χ3n) is 8.49. The Morgan fingerprint density at radius 3 is 2.27 bits per heavy atom. The number of hydrogen-bond acceptors (Lipinski definition) is 7. The van der Waals surface area contributed by atoms with Crippen molar-refractivity contribution in [3.63, 3.8) is 0 Å². The van der Waals surface area contributed by atoms with Crippen LogP contribution in [0, 0.1) is 5.41 Å². The van der Waals surface area contributed by atoms with E-state index in [2.05, 4.69) is 22.0 Å². The fraction of sp³-hybridized carbons (Fsp3) is 0.613. The van der Waals surface area contributed by atoms with Gasteiger partial charge < -0.3 is 30.5 Å². The summed E-state index contributed by atoms with van der Waals surface area (Å²) >= 11 is 0. The van der Waals surface area contributed by atoms with Crippen LogP contribution in [0.25, 0.3) is 0 Å². The molecule has 41 heavy (non-hydrogen) atoms. The Hall–Kier alpha value is -3.24. The van der Waals surface area contributed by atoms with E-state index in [0.29, 0.717) is 44.5 Å². The van der Waals surface area contributed by atoms with Crippen molar-refractivity contribution in [2.75, 3.05) is 13.7 Å². The Morgan fingerprint density at radius 2 is 1.68 bits per heavy atom. The van der Waals surface area contributed by atoms with E-state index in [1.807, 2.05) is 19.1 Å². The molecule has 4 rings (SSSR count). The monoisotopic (exact) mass is 569 g/mol. The van der Waals surface area contributed by atoms with Gasteiger partial charge in [-0.05, 0) is 76.0 Å². The third-order valence-corrected chi connectivity index (χ3v) is 8.49. The Labute approximate surface area is 241 Å². The van der Waals surface area contributed by atoms with Crippen LogP contribution in [0.3, 0.4) is 0 Å². The number of ketones is 1. The molecule has 1 saturated heterocycles. The highest BCUT2D eigenvalue weighted by molar-refractivity contribution is 5.97. The van der Waals surface area contributed by atoms with Crippen molar-refractivity contribution in [1.29, 1.82) is 0 Å². The van der Waals surface area contributed by atoms with Gasteiger partial charge in [-0.1, -0.05) is 30.7 Å². The molecule has 0 radical (unpaired) electrons. The SMILES string of the molecule is COc1ccc(C[C@H](NC(=O)[C@@H](C)NC(=O)[C@]2(C)CC[C@H](O)CC2)C(=O)N[C@@H](CC2=CCCC2)C(=O)[C@H]2CO2)cc1. The maximum absolute atomic E-state index is 13.6. The van der Waals surface area contributed by atoms with E-state index in [-0.39, 0.29) is 18.1 Å². The number of Topliss-reactive ketones (excluding diaryl/α,β-unsaturated/α-hetero) is 1. The predicted molar refractivity (Wildman–Crippen MR) is 152 cm³/mol. The van der Waals surface area contributed by atoms with Crippen LogP contribution in [0.1, 0.15) is 70.8 Å². The second-order valence-corrected chi connectivity index (χ2v) is 11.8. The predicted octanol–water partition coefficient (Wildman–Crippen LogP) is 2.12. The molecule has 224 valence electrons. The molecular formula is C31H43N3O7. The molecule has 1 saturated carbocycles. The Kier molecular flexibility index (Phi) is 10.2. The van der Waals surface area contributed by atoms with Crippen molar-refractivity contribution >= 4 is 23.5 Å². The van der Waals surface area contributed by atoms with Crippen LogP contribution in [0.2, 0.25) is 0 Å². The number of hydrogen-bond donors (Lipinski definition) is 4. The van der Waals surface area contributed by atoms with Gasteiger partial charge in [-0.2, -0.15) is 0 Å². The molecule has 3 aliphatic rings. The number of rotatable bonds is 13. The molecule has 2 fully saturated rings. The molecule has 1 aromatic carbocycles. The standard InChI is InChI=1S/C31H43N3O7/c1-19(32-30(39)31(2)14-12-22(35)13-15-31)28(37)34-25(17-21-8-10-23(40-3)11-9-21)29(38)33-24(27(36)26-18-41-26)16-20-6-4-5-7-20/h6,8-11,19,22,24-26,35H,4-5,7,12-18H2,1-3H3,(H,32,39)(H,33,38)(H,34,37)/t19-,22-,24+,25+,26-,31+/m1/s1. The van der Waals surface area contributed by atoms with Crippen LogP contribution in [0.4, 0.5) is 0 Å². The van der Waals surface area contributed by atoms with E-state index in [4.69, 9.17) is 9.47 Å². The molecule has 0 unspecified atom stereocenters. The number of epoxide rings is 1. The Balaban J connectivity index is 1.45. The molecule has 3 amide bonds. The number of benzene rings is 1. The largest absolute Gasteiger partial charge is 0.497 e. The Bertz CT molecular complexity index is 1140. The first kappa shape index (κ1) is 30.7. The van der Waals surface area contributed by atoms with Gasteiger partial charge in [0.25, 0.3) is 0 Å². The zero-order valence-corrected chi connectivity index (χ0v) is 24.2. The van der Waals surface area contributed by atoms with E-state index in [9.17, 15) is 24.3 Å². The summed E-state index contributed by atoms with van der Waals surface area (Å²) in [6, 6.07) is 4.58. The van der Waals surface area contributed by atoms with E-state index in [1.54, 1.807) is 26.2 Å². The smallest absolute Gasteiger partial charge is 0.243 e. The summed E-state index contributed by atoms with van der Waals surface area (Å²) in [4.78, 5) is 53.0. The average Bonchev–Trinajstić information content (AvgIpc) is 3.69. The highest BCUT2D eigenvalue weighted by Gasteiger charge is 2.40. The van der Waals surface area contributed by atoms with Gasteiger partial charge in [0.15, 0.2) is 5.78 Å². The molecule has 4 N–H and O–H groups in total. The zero-order chi connectivity index (χ0) is 29.6. The minimum Gasteiger partial charge on any atom is -0.497 e. The summed E-state index contributed by atoms with van der Waals surface area (Å²) < 4.78 is 10.4. The number of ether oxygens (including phenoxy) is 2. The van der Waals surface area contributed by atoms with Gasteiger partial charge in [-0.15, -0.1) is 0 Å². The number of carbonyl (C=O) groups excluding carboxylic acids is 4.